The highest BCUT2D eigenvalue weighted by atomic mass is 16.6. The fraction of sp³-hybridized carbons (Fsp3) is 0.400. The van der Waals surface area contributed by atoms with Crippen LogP contribution < -0.4 is 26.1 Å². The Morgan fingerprint density at radius 2 is 2.00 bits per heavy atom. The van der Waals surface area contributed by atoms with E-state index in [4.69, 9.17) is 15.3 Å². The van der Waals surface area contributed by atoms with E-state index in [0.29, 0.717) is 13.2 Å². The molecule has 0 amide bonds. The number of ether oxygens (including phenoxy) is 2. The minimum absolute atomic E-state index is 0.0826. The lowest BCUT2D eigenvalue weighted by molar-refractivity contribution is 0.171. The first kappa shape index (κ1) is 10.2. The van der Waals surface area contributed by atoms with Crippen molar-refractivity contribution in [3.8, 4) is 11.5 Å². The number of nitrogens with two attached hydrogens (primary N) is 1. The van der Waals surface area contributed by atoms with Gasteiger partial charge in [0.1, 0.15) is 13.2 Å². The lowest BCUT2D eigenvalue weighted by Crippen LogP contribution is -2.36. The van der Waals surface area contributed by atoms with E-state index in [0.717, 1.165) is 17.1 Å². The minimum Gasteiger partial charge on any atom is -0.486 e. The van der Waals surface area contributed by atoms with Crippen LogP contribution in [0.2, 0.25) is 0 Å². The van der Waals surface area contributed by atoms with Gasteiger partial charge < -0.3 is 14.8 Å². The van der Waals surface area contributed by atoms with Gasteiger partial charge in [-0.05, 0) is 24.7 Å². The van der Waals surface area contributed by atoms with Crippen LogP contribution in [0.1, 0.15) is 11.7 Å². The van der Waals surface area contributed by atoms with E-state index >= 15 is 0 Å². The molecule has 1 atom stereocenters. The average Bonchev–Trinajstić information content (AvgIpc) is 2.30. The molecule has 0 aromatic heterocycles. The molecule has 82 valence electrons. The summed E-state index contributed by atoms with van der Waals surface area (Å²) >= 11 is 0. The molecule has 1 aromatic carbocycles. The Morgan fingerprint density at radius 1 is 1.27 bits per heavy atom. The number of hydrazine groups is 1. The second-order valence-electron chi connectivity index (χ2n) is 3.29. The molecular weight excluding hydrogens is 194 g/mol. The minimum atomic E-state index is -0.0826. The third-order valence-corrected chi connectivity index (χ3v) is 2.35. The summed E-state index contributed by atoms with van der Waals surface area (Å²) in [5.74, 6) is 6.97. The fourth-order valence-electron chi connectivity index (χ4n) is 1.59. The van der Waals surface area contributed by atoms with Gasteiger partial charge in [0.2, 0.25) is 0 Å². The summed E-state index contributed by atoms with van der Waals surface area (Å²) in [6.07, 6.45) is -0.0826. The molecule has 0 spiro atoms. The van der Waals surface area contributed by atoms with E-state index in [1.54, 1.807) is 0 Å². The maximum atomic E-state index is 5.48. The van der Waals surface area contributed by atoms with Gasteiger partial charge in [-0.2, -0.15) is 0 Å². The Kier molecular flexibility index (Phi) is 3.05. The largest absolute Gasteiger partial charge is 0.486 e. The summed E-state index contributed by atoms with van der Waals surface area (Å²) in [6, 6.07) is 5.77. The maximum absolute atomic E-state index is 5.48. The molecule has 0 fully saturated rings. The zero-order valence-electron chi connectivity index (χ0n) is 8.62. The number of benzene rings is 1. The predicted octanol–water partition coefficient (Wildman–Crippen LogP) is 0.139. The SMILES string of the molecule is CNC(NN)c1ccc2c(c1)OCCO2. The summed E-state index contributed by atoms with van der Waals surface area (Å²) in [7, 11) is 1.83. The zero-order chi connectivity index (χ0) is 10.7. The van der Waals surface area contributed by atoms with Crippen molar-refractivity contribution < 1.29 is 9.47 Å². The highest BCUT2D eigenvalue weighted by molar-refractivity contribution is 5.44. The van der Waals surface area contributed by atoms with Crippen molar-refractivity contribution in [3.05, 3.63) is 23.8 Å². The highest BCUT2D eigenvalue weighted by Gasteiger charge is 2.14. The van der Waals surface area contributed by atoms with E-state index in [-0.39, 0.29) is 6.17 Å². The van der Waals surface area contributed by atoms with Crippen LogP contribution in [0.4, 0.5) is 0 Å². The van der Waals surface area contributed by atoms with Gasteiger partial charge in [0.05, 0.1) is 6.17 Å². The number of fused-ring (bicyclic) bond motifs is 1. The Balaban J connectivity index is 2.27. The molecule has 15 heavy (non-hydrogen) atoms. The van der Waals surface area contributed by atoms with Crippen LogP contribution in [0.5, 0.6) is 11.5 Å². The summed E-state index contributed by atoms with van der Waals surface area (Å²) in [4.78, 5) is 0. The summed E-state index contributed by atoms with van der Waals surface area (Å²) < 4.78 is 10.9. The molecule has 0 saturated heterocycles. The van der Waals surface area contributed by atoms with Crippen LogP contribution in [0, 0.1) is 0 Å². The predicted molar refractivity (Wildman–Crippen MR) is 56.6 cm³/mol. The van der Waals surface area contributed by atoms with Gasteiger partial charge in [-0.25, -0.2) is 5.43 Å². The van der Waals surface area contributed by atoms with Crippen molar-refractivity contribution in [1.82, 2.24) is 10.7 Å². The molecule has 5 heteroatoms. The molecule has 1 aromatic rings. The third-order valence-electron chi connectivity index (χ3n) is 2.35. The second kappa shape index (κ2) is 4.48. The normalized spacial score (nSPS) is 16.1. The number of hydrogen-bond acceptors (Lipinski definition) is 5. The van der Waals surface area contributed by atoms with Crippen LogP contribution in [0.15, 0.2) is 18.2 Å². The van der Waals surface area contributed by atoms with Gasteiger partial charge in [0, 0.05) is 0 Å². The number of rotatable bonds is 3. The third kappa shape index (κ3) is 2.04. The van der Waals surface area contributed by atoms with E-state index in [1.807, 2.05) is 25.2 Å². The number of hydrogen-bond donors (Lipinski definition) is 3. The number of nitrogens with one attached hydrogen (secondary N) is 2. The molecule has 0 bridgehead atoms. The molecule has 5 nitrogen and oxygen atoms in total. The molecule has 1 aliphatic heterocycles. The van der Waals surface area contributed by atoms with Gasteiger partial charge >= 0.3 is 0 Å². The molecule has 0 saturated carbocycles. The van der Waals surface area contributed by atoms with Crippen LogP contribution in [-0.4, -0.2) is 20.3 Å². The van der Waals surface area contributed by atoms with Crippen molar-refractivity contribution in [2.75, 3.05) is 20.3 Å². The van der Waals surface area contributed by atoms with E-state index in [2.05, 4.69) is 10.7 Å². The van der Waals surface area contributed by atoms with Gasteiger partial charge in [-0.3, -0.25) is 5.84 Å². The Morgan fingerprint density at radius 3 is 2.67 bits per heavy atom. The van der Waals surface area contributed by atoms with Gasteiger partial charge in [0.25, 0.3) is 0 Å². The van der Waals surface area contributed by atoms with Gasteiger partial charge in [-0.15, -0.1) is 0 Å². The topological polar surface area (TPSA) is 68.5 Å². The van der Waals surface area contributed by atoms with E-state index in [1.165, 1.54) is 0 Å². The Hall–Kier alpha value is -1.30. The highest BCUT2D eigenvalue weighted by Crippen LogP contribution is 2.31. The smallest absolute Gasteiger partial charge is 0.161 e. The van der Waals surface area contributed by atoms with Crippen LogP contribution in [0.3, 0.4) is 0 Å². The van der Waals surface area contributed by atoms with Crippen molar-refractivity contribution in [1.29, 1.82) is 0 Å². The fourth-order valence-corrected chi connectivity index (χ4v) is 1.59. The molecule has 1 unspecified atom stereocenters. The first-order valence-electron chi connectivity index (χ1n) is 4.88. The monoisotopic (exact) mass is 209 g/mol. The zero-order valence-corrected chi connectivity index (χ0v) is 8.62. The van der Waals surface area contributed by atoms with E-state index < -0.39 is 0 Å². The second-order valence-corrected chi connectivity index (χ2v) is 3.29. The summed E-state index contributed by atoms with van der Waals surface area (Å²) in [6.45, 7) is 1.20. The molecule has 2 rings (SSSR count). The molecule has 0 radical (unpaired) electrons. The lowest BCUT2D eigenvalue weighted by Gasteiger charge is -2.21. The van der Waals surface area contributed by atoms with Crippen LogP contribution in [0.25, 0.3) is 0 Å². The molecule has 1 heterocycles. The lowest BCUT2D eigenvalue weighted by atomic mass is 10.1. The Bertz CT molecular complexity index is 339. The molecule has 1 aliphatic rings. The standard InChI is InChI=1S/C10H15N3O2/c1-12-10(13-11)7-2-3-8-9(6-7)15-5-4-14-8/h2-3,6,10,12-13H,4-5,11H2,1H3. The molecular formula is C10H15N3O2. The van der Waals surface area contributed by atoms with Crippen molar-refractivity contribution >= 4 is 0 Å². The summed E-state index contributed by atoms with van der Waals surface area (Å²) in [5, 5.41) is 3.04. The quantitative estimate of drug-likeness (QED) is 0.375. The van der Waals surface area contributed by atoms with Crippen LogP contribution in [-0.2, 0) is 0 Å². The maximum Gasteiger partial charge on any atom is 0.161 e. The first-order chi connectivity index (χ1) is 7.35. The Labute approximate surface area is 88.5 Å². The summed E-state index contributed by atoms with van der Waals surface area (Å²) in [5.41, 5.74) is 3.69. The van der Waals surface area contributed by atoms with E-state index in [9.17, 15) is 0 Å². The van der Waals surface area contributed by atoms with Crippen LogP contribution >= 0.6 is 0 Å². The molecule has 0 aliphatic carbocycles. The van der Waals surface area contributed by atoms with Crippen molar-refractivity contribution in [2.45, 2.75) is 6.17 Å². The van der Waals surface area contributed by atoms with Crippen molar-refractivity contribution in [3.63, 3.8) is 0 Å². The average molecular weight is 209 g/mol. The van der Waals surface area contributed by atoms with Crippen molar-refractivity contribution in [2.24, 2.45) is 5.84 Å². The van der Waals surface area contributed by atoms with Gasteiger partial charge in [0.15, 0.2) is 11.5 Å². The molecule has 4 N–H and O–H groups in total. The first-order valence-corrected chi connectivity index (χ1v) is 4.88. The van der Waals surface area contributed by atoms with Gasteiger partial charge in [-0.1, -0.05) is 6.07 Å².